The van der Waals surface area contributed by atoms with Crippen LogP contribution in [0, 0.1) is 5.92 Å². The quantitative estimate of drug-likeness (QED) is 0.856. The van der Waals surface area contributed by atoms with Crippen LogP contribution in [0.2, 0.25) is 0 Å². The summed E-state index contributed by atoms with van der Waals surface area (Å²) in [6, 6.07) is 4.66. The van der Waals surface area contributed by atoms with E-state index in [4.69, 9.17) is 4.74 Å². The Kier molecular flexibility index (Phi) is 5.63. The number of halogens is 3. The number of hydrogen-bond donors (Lipinski definition) is 1. The number of benzene rings is 1. The maximum Gasteiger partial charge on any atom is 0.418 e. The molecule has 2 rings (SSSR count). The lowest BCUT2D eigenvalue weighted by molar-refractivity contribution is -0.152. The second kappa shape index (κ2) is 7.48. The first-order valence-electron chi connectivity index (χ1n) is 7.50. The van der Waals surface area contributed by atoms with Gasteiger partial charge >= 0.3 is 12.1 Å². The van der Waals surface area contributed by atoms with E-state index in [9.17, 15) is 22.8 Å². The van der Waals surface area contributed by atoms with E-state index in [0.717, 1.165) is 44.2 Å². The van der Waals surface area contributed by atoms with Gasteiger partial charge in [0.2, 0.25) is 0 Å². The van der Waals surface area contributed by atoms with Gasteiger partial charge in [0.25, 0.3) is 5.91 Å². The molecule has 23 heavy (non-hydrogen) atoms. The summed E-state index contributed by atoms with van der Waals surface area (Å²) in [5.74, 6) is -1.45. The van der Waals surface area contributed by atoms with Crippen LogP contribution < -0.4 is 5.32 Å². The molecule has 1 aromatic rings. The van der Waals surface area contributed by atoms with E-state index < -0.39 is 30.2 Å². The average molecular weight is 329 g/mol. The molecule has 0 heterocycles. The number of alkyl halides is 3. The van der Waals surface area contributed by atoms with Gasteiger partial charge in [-0.3, -0.25) is 9.59 Å². The second-order valence-electron chi connectivity index (χ2n) is 5.53. The molecule has 0 bridgehead atoms. The molecule has 4 nitrogen and oxygen atoms in total. The van der Waals surface area contributed by atoms with Crippen LogP contribution in [0.4, 0.5) is 18.9 Å². The van der Waals surface area contributed by atoms with Crippen molar-refractivity contribution in [2.45, 2.75) is 38.3 Å². The number of carbonyl (C=O) groups excluding carboxylic acids is 2. The highest BCUT2D eigenvalue weighted by atomic mass is 19.4. The van der Waals surface area contributed by atoms with Gasteiger partial charge in [-0.1, -0.05) is 31.4 Å². The van der Waals surface area contributed by atoms with E-state index in [-0.39, 0.29) is 11.6 Å². The van der Waals surface area contributed by atoms with Crippen LogP contribution in [0.3, 0.4) is 0 Å². The molecular formula is C16H18F3NO3. The van der Waals surface area contributed by atoms with Crippen molar-refractivity contribution in [3.05, 3.63) is 29.8 Å². The van der Waals surface area contributed by atoms with E-state index in [2.05, 4.69) is 5.32 Å². The van der Waals surface area contributed by atoms with Gasteiger partial charge in [0.1, 0.15) is 0 Å². The van der Waals surface area contributed by atoms with E-state index in [1.54, 1.807) is 0 Å². The van der Waals surface area contributed by atoms with Crippen molar-refractivity contribution in [1.29, 1.82) is 0 Å². The topological polar surface area (TPSA) is 55.4 Å². The van der Waals surface area contributed by atoms with E-state index in [1.807, 2.05) is 0 Å². The predicted octanol–water partition coefficient (Wildman–Crippen LogP) is 3.77. The third kappa shape index (κ3) is 4.97. The number of amides is 1. The number of hydrogen-bond acceptors (Lipinski definition) is 3. The molecule has 126 valence electrons. The van der Waals surface area contributed by atoms with E-state index >= 15 is 0 Å². The minimum Gasteiger partial charge on any atom is -0.455 e. The van der Waals surface area contributed by atoms with Crippen molar-refractivity contribution >= 4 is 17.6 Å². The van der Waals surface area contributed by atoms with Gasteiger partial charge in [0.05, 0.1) is 17.2 Å². The van der Waals surface area contributed by atoms with Crippen LogP contribution in [-0.2, 0) is 20.5 Å². The van der Waals surface area contributed by atoms with Crippen molar-refractivity contribution < 1.29 is 27.5 Å². The smallest absolute Gasteiger partial charge is 0.418 e. The molecule has 0 atom stereocenters. The summed E-state index contributed by atoms with van der Waals surface area (Å²) >= 11 is 0. The first kappa shape index (κ1) is 17.3. The van der Waals surface area contributed by atoms with Crippen LogP contribution in [0.25, 0.3) is 0 Å². The van der Waals surface area contributed by atoms with E-state index in [0.29, 0.717) is 0 Å². The molecule has 0 saturated heterocycles. The molecule has 1 amide bonds. The van der Waals surface area contributed by atoms with Crippen molar-refractivity contribution in [1.82, 2.24) is 0 Å². The summed E-state index contributed by atoms with van der Waals surface area (Å²) in [7, 11) is 0. The molecule has 1 aliphatic rings. The number of esters is 1. The SMILES string of the molecule is O=C(COC(=O)C1CCCCC1)Nc1ccccc1C(F)(F)F. The van der Waals surface area contributed by atoms with Gasteiger partial charge in [-0.15, -0.1) is 0 Å². The van der Waals surface area contributed by atoms with Gasteiger partial charge in [0, 0.05) is 0 Å². The number of para-hydroxylation sites is 1. The van der Waals surface area contributed by atoms with Crippen molar-refractivity contribution in [2.24, 2.45) is 5.92 Å². The second-order valence-corrected chi connectivity index (χ2v) is 5.53. The highest BCUT2D eigenvalue weighted by Gasteiger charge is 2.33. The lowest BCUT2D eigenvalue weighted by Crippen LogP contribution is -2.26. The minimum absolute atomic E-state index is 0.209. The summed E-state index contributed by atoms with van der Waals surface area (Å²) in [6.45, 7) is -0.582. The predicted molar refractivity (Wildman–Crippen MR) is 77.6 cm³/mol. The van der Waals surface area contributed by atoms with Crippen LogP contribution in [0.1, 0.15) is 37.7 Å². The molecule has 0 spiro atoms. The Hall–Kier alpha value is -2.05. The Bertz CT molecular complexity index is 566. The van der Waals surface area contributed by atoms with Gasteiger partial charge in [0.15, 0.2) is 6.61 Å². The maximum absolute atomic E-state index is 12.8. The molecule has 1 fully saturated rings. The highest BCUT2D eigenvalue weighted by Crippen LogP contribution is 2.34. The van der Waals surface area contributed by atoms with Gasteiger partial charge in [-0.2, -0.15) is 13.2 Å². The standard InChI is InChI=1S/C16H18F3NO3/c17-16(18,19)12-8-4-5-9-13(12)20-14(21)10-23-15(22)11-6-2-1-3-7-11/h4-5,8-9,11H,1-3,6-7,10H2,(H,20,21). The Morgan fingerprint density at radius 1 is 1.13 bits per heavy atom. The van der Waals surface area contributed by atoms with Gasteiger partial charge < -0.3 is 10.1 Å². The fourth-order valence-corrected chi connectivity index (χ4v) is 2.62. The third-order valence-corrected chi connectivity index (χ3v) is 3.79. The first-order valence-corrected chi connectivity index (χ1v) is 7.50. The summed E-state index contributed by atoms with van der Waals surface area (Å²) in [5, 5.41) is 2.14. The molecule has 1 aromatic carbocycles. The molecule has 1 saturated carbocycles. The molecule has 0 unspecified atom stereocenters. The summed E-state index contributed by atoms with van der Waals surface area (Å²) in [4.78, 5) is 23.5. The third-order valence-electron chi connectivity index (χ3n) is 3.79. The largest absolute Gasteiger partial charge is 0.455 e. The molecule has 0 radical (unpaired) electrons. The van der Waals surface area contributed by atoms with Crippen molar-refractivity contribution in [2.75, 3.05) is 11.9 Å². The van der Waals surface area contributed by atoms with Crippen LogP contribution in [-0.4, -0.2) is 18.5 Å². The zero-order valence-corrected chi connectivity index (χ0v) is 12.5. The number of carbonyl (C=O) groups is 2. The monoisotopic (exact) mass is 329 g/mol. The summed E-state index contributed by atoms with van der Waals surface area (Å²) in [5.41, 5.74) is -1.29. The fourth-order valence-electron chi connectivity index (χ4n) is 2.62. The normalized spacial score (nSPS) is 16.0. The molecule has 1 N–H and O–H groups in total. The molecule has 1 aliphatic carbocycles. The first-order chi connectivity index (χ1) is 10.9. The Morgan fingerprint density at radius 3 is 2.43 bits per heavy atom. The van der Waals surface area contributed by atoms with Crippen LogP contribution >= 0.6 is 0 Å². The summed E-state index contributed by atoms with van der Waals surface area (Å²) in [6.07, 6.45) is -0.119. The number of ether oxygens (including phenoxy) is 1. The lowest BCUT2D eigenvalue weighted by atomic mass is 9.89. The van der Waals surface area contributed by atoms with Crippen molar-refractivity contribution in [3.8, 4) is 0 Å². The average Bonchev–Trinajstić information content (AvgIpc) is 2.53. The molecular weight excluding hydrogens is 311 g/mol. The maximum atomic E-state index is 12.8. The fraction of sp³-hybridized carbons (Fsp3) is 0.500. The zero-order chi connectivity index (χ0) is 16.9. The van der Waals surface area contributed by atoms with Crippen LogP contribution in [0.5, 0.6) is 0 Å². The lowest BCUT2D eigenvalue weighted by Gasteiger charge is -2.20. The Labute approximate surface area is 132 Å². The van der Waals surface area contributed by atoms with Crippen LogP contribution in [0.15, 0.2) is 24.3 Å². The molecule has 0 aliphatic heterocycles. The summed E-state index contributed by atoms with van der Waals surface area (Å²) < 4.78 is 43.4. The van der Waals surface area contributed by atoms with E-state index in [1.165, 1.54) is 12.1 Å². The highest BCUT2D eigenvalue weighted by molar-refractivity contribution is 5.93. The number of nitrogens with one attached hydrogen (secondary N) is 1. The Balaban J connectivity index is 1.89. The molecule has 7 heteroatoms. The van der Waals surface area contributed by atoms with Crippen molar-refractivity contribution in [3.63, 3.8) is 0 Å². The Morgan fingerprint density at radius 2 is 1.78 bits per heavy atom. The number of anilines is 1. The number of rotatable bonds is 4. The van der Waals surface area contributed by atoms with Gasteiger partial charge in [-0.25, -0.2) is 0 Å². The minimum atomic E-state index is -4.57. The van der Waals surface area contributed by atoms with Gasteiger partial charge in [-0.05, 0) is 25.0 Å². The molecule has 0 aromatic heterocycles. The zero-order valence-electron chi connectivity index (χ0n) is 12.5.